The number of benzene rings is 2. The summed E-state index contributed by atoms with van der Waals surface area (Å²) in [5.74, 6) is 0.197. The summed E-state index contributed by atoms with van der Waals surface area (Å²) in [5, 5.41) is 12.5. The zero-order valence-corrected chi connectivity index (χ0v) is 11.8. The second-order valence-electron chi connectivity index (χ2n) is 4.98. The van der Waals surface area contributed by atoms with Gasteiger partial charge in [-0.1, -0.05) is 24.3 Å². The molecule has 20 heavy (non-hydrogen) atoms. The molecule has 0 aliphatic rings. The molecule has 0 saturated heterocycles. The molecule has 2 aromatic carbocycles. The third kappa shape index (κ3) is 3.60. The van der Waals surface area contributed by atoms with Gasteiger partial charge >= 0.3 is 0 Å². The summed E-state index contributed by atoms with van der Waals surface area (Å²) < 4.78 is 0. The van der Waals surface area contributed by atoms with Crippen LogP contribution in [-0.2, 0) is 11.2 Å². The number of rotatable bonds is 4. The molecule has 0 unspecified atom stereocenters. The van der Waals surface area contributed by atoms with Crippen LogP contribution in [0.4, 0.5) is 5.69 Å². The highest BCUT2D eigenvalue weighted by Gasteiger charge is 2.06. The number of amides is 1. The molecule has 104 valence electrons. The van der Waals surface area contributed by atoms with Crippen LogP contribution >= 0.6 is 0 Å². The molecule has 0 aliphatic carbocycles. The summed E-state index contributed by atoms with van der Waals surface area (Å²) in [7, 11) is 0. The van der Waals surface area contributed by atoms with E-state index in [0.717, 1.165) is 16.8 Å². The molecule has 0 radical (unpaired) electrons. The van der Waals surface area contributed by atoms with Gasteiger partial charge in [-0.15, -0.1) is 0 Å². The van der Waals surface area contributed by atoms with E-state index in [9.17, 15) is 9.90 Å². The molecule has 3 nitrogen and oxygen atoms in total. The van der Waals surface area contributed by atoms with Gasteiger partial charge in [0, 0.05) is 12.1 Å². The van der Waals surface area contributed by atoms with Gasteiger partial charge in [0.2, 0.25) is 5.91 Å². The fourth-order valence-electron chi connectivity index (χ4n) is 2.01. The van der Waals surface area contributed by atoms with E-state index < -0.39 is 0 Å². The molecule has 1 amide bonds. The molecule has 0 atom stereocenters. The Morgan fingerprint density at radius 2 is 1.85 bits per heavy atom. The van der Waals surface area contributed by atoms with Crippen LogP contribution in [-0.4, -0.2) is 11.0 Å². The van der Waals surface area contributed by atoms with Crippen molar-refractivity contribution in [2.45, 2.75) is 26.7 Å². The number of hydrogen-bond donors (Lipinski definition) is 2. The zero-order chi connectivity index (χ0) is 14.5. The van der Waals surface area contributed by atoms with Gasteiger partial charge in [0.15, 0.2) is 0 Å². The van der Waals surface area contributed by atoms with Gasteiger partial charge in [0.1, 0.15) is 5.75 Å². The topological polar surface area (TPSA) is 49.3 Å². The van der Waals surface area contributed by atoms with Crippen LogP contribution < -0.4 is 5.32 Å². The molecule has 0 spiro atoms. The Labute approximate surface area is 119 Å². The lowest BCUT2D eigenvalue weighted by Crippen LogP contribution is -2.12. The fourth-order valence-corrected chi connectivity index (χ4v) is 2.01. The number of para-hydroxylation sites is 1. The van der Waals surface area contributed by atoms with Crippen LogP contribution in [0.2, 0.25) is 0 Å². The first-order valence-electron chi connectivity index (χ1n) is 6.70. The van der Waals surface area contributed by atoms with Crippen molar-refractivity contribution in [2.75, 3.05) is 5.32 Å². The second-order valence-corrected chi connectivity index (χ2v) is 4.98. The molecule has 2 aromatic rings. The van der Waals surface area contributed by atoms with Crippen LogP contribution in [0.25, 0.3) is 0 Å². The molecule has 0 saturated carbocycles. The quantitative estimate of drug-likeness (QED) is 0.891. The number of anilines is 1. The van der Waals surface area contributed by atoms with Crippen molar-refractivity contribution in [3.8, 4) is 5.75 Å². The maximum Gasteiger partial charge on any atom is 0.224 e. The predicted octanol–water partition coefficient (Wildman–Crippen LogP) is 3.58. The van der Waals surface area contributed by atoms with E-state index in [0.29, 0.717) is 12.8 Å². The van der Waals surface area contributed by atoms with Crippen LogP contribution in [0.3, 0.4) is 0 Å². The van der Waals surface area contributed by atoms with Crippen molar-refractivity contribution in [3.63, 3.8) is 0 Å². The molecule has 0 heterocycles. The number of phenolic OH excluding ortho intramolecular Hbond substituents is 1. The van der Waals surface area contributed by atoms with Gasteiger partial charge in [-0.05, 0) is 55.2 Å². The van der Waals surface area contributed by atoms with Gasteiger partial charge in [0.25, 0.3) is 0 Å². The van der Waals surface area contributed by atoms with E-state index in [4.69, 9.17) is 0 Å². The molecule has 0 aromatic heterocycles. The Morgan fingerprint density at radius 1 is 1.10 bits per heavy atom. The normalized spacial score (nSPS) is 10.3. The average molecular weight is 269 g/mol. The number of hydrogen-bond acceptors (Lipinski definition) is 2. The molecular weight excluding hydrogens is 250 g/mol. The van der Waals surface area contributed by atoms with Gasteiger partial charge in [-0.2, -0.15) is 0 Å². The van der Waals surface area contributed by atoms with Crippen molar-refractivity contribution in [3.05, 3.63) is 59.2 Å². The summed E-state index contributed by atoms with van der Waals surface area (Å²) in [4.78, 5) is 11.9. The molecular formula is C17H19NO2. The lowest BCUT2D eigenvalue weighted by molar-refractivity contribution is -0.116. The Morgan fingerprint density at radius 3 is 2.55 bits per heavy atom. The van der Waals surface area contributed by atoms with E-state index in [1.807, 2.05) is 44.2 Å². The molecule has 3 heteroatoms. The summed E-state index contributed by atoms with van der Waals surface area (Å²) in [6, 6.07) is 13.0. The zero-order valence-electron chi connectivity index (χ0n) is 11.8. The van der Waals surface area contributed by atoms with E-state index in [1.165, 1.54) is 5.56 Å². The summed E-state index contributed by atoms with van der Waals surface area (Å²) >= 11 is 0. The minimum atomic E-state index is -0.0449. The maximum atomic E-state index is 11.9. The Kier molecular flexibility index (Phi) is 4.41. The van der Waals surface area contributed by atoms with Crippen molar-refractivity contribution in [2.24, 2.45) is 0 Å². The summed E-state index contributed by atoms with van der Waals surface area (Å²) in [6.07, 6.45) is 0.883. The number of carbonyl (C=O) groups excluding carboxylic acids is 1. The number of carbonyl (C=O) groups is 1. The molecule has 0 bridgehead atoms. The van der Waals surface area contributed by atoms with E-state index in [1.54, 1.807) is 12.1 Å². The first kappa shape index (κ1) is 14.1. The Balaban J connectivity index is 1.93. The highest BCUT2D eigenvalue weighted by Crippen LogP contribution is 2.18. The van der Waals surface area contributed by atoms with Gasteiger partial charge in [-0.25, -0.2) is 0 Å². The number of aryl methyl sites for hydroxylation is 3. The van der Waals surface area contributed by atoms with Crippen molar-refractivity contribution in [1.82, 2.24) is 0 Å². The SMILES string of the molecule is Cc1ccc(NC(=O)CCc2ccccc2O)cc1C. The minimum Gasteiger partial charge on any atom is -0.508 e. The van der Waals surface area contributed by atoms with Crippen molar-refractivity contribution < 1.29 is 9.90 Å². The van der Waals surface area contributed by atoms with E-state index in [-0.39, 0.29) is 11.7 Å². The maximum absolute atomic E-state index is 11.9. The number of nitrogens with one attached hydrogen (secondary N) is 1. The first-order valence-corrected chi connectivity index (χ1v) is 6.70. The lowest BCUT2D eigenvalue weighted by Gasteiger charge is -2.08. The number of phenols is 1. The minimum absolute atomic E-state index is 0.0449. The molecule has 0 fully saturated rings. The summed E-state index contributed by atoms with van der Waals surface area (Å²) in [6.45, 7) is 4.06. The van der Waals surface area contributed by atoms with Crippen LogP contribution in [0, 0.1) is 13.8 Å². The second kappa shape index (κ2) is 6.24. The van der Waals surface area contributed by atoms with Crippen molar-refractivity contribution in [1.29, 1.82) is 0 Å². The molecule has 0 aliphatic heterocycles. The molecule has 2 N–H and O–H groups in total. The van der Waals surface area contributed by atoms with Crippen molar-refractivity contribution >= 4 is 11.6 Å². The van der Waals surface area contributed by atoms with Gasteiger partial charge < -0.3 is 10.4 Å². The van der Waals surface area contributed by atoms with Gasteiger partial charge in [-0.3, -0.25) is 4.79 Å². The van der Waals surface area contributed by atoms with Crippen LogP contribution in [0.15, 0.2) is 42.5 Å². The average Bonchev–Trinajstić information content (AvgIpc) is 2.42. The monoisotopic (exact) mass is 269 g/mol. The van der Waals surface area contributed by atoms with Gasteiger partial charge in [0.05, 0.1) is 0 Å². The Hall–Kier alpha value is -2.29. The highest BCUT2D eigenvalue weighted by atomic mass is 16.3. The highest BCUT2D eigenvalue weighted by molar-refractivity contribution is 5.91. The van der Waals surface area contributed by atoms with E-state index >= 15 is 0 Å². The fraction of sp³-hybridized carbons (Fsp3) is 0.235. The standard InChI is InChI=1S/C17H19NO2/c1-12-7-9-15(11-13(12)2)18-17(20)10-8-14-5-3-4-6-16(14)19/h3-7,9,11,19H,8,10H2,1-2H3,(H,18,20). The summed E-state index contributed by atoms with van der Waals surface area (Å²) in [5.41, 5.74) is 3.97. The third-order valence-electron chi connectivity index (χ3n) is 3.40. The van der Waals surface area contributed by atoms with Crippen LogP contribution in [0.5, 0.6) is 5.75 Å². The lowest BCUT2D eigenvalue weighted by atomic mass is 10.1. The smallest absolute Gasteiger partial charge is 0.224 e. The van der Waals surface area contributed by atoms with Crippen LogP contribution in [0.1, 0.15) is 23.1 Å². The Bertz CT molecular complexity index is 620. The molecule has 2 rings (SSSR count). The largest absolute Gasteiger partial charge is 0.508 e. The predicted molar refractivity (Wildman–Crippen MR) is 81.0 cm³/mol. The third-order valence-corrected chi connectivity index (χ3v) is 3.40. The van der Waals surface area contributed by atoms with E-state index in [2.05, 4.69) is 5.32 Å². The number of aromatic hydroxyl groups is 1. The first-order chi connectivity index (χ1) is 9.56.